The Labute approximate surface area is 113 Å². The summed E-state index contributed by atoms with van der Waals surface area (Å²) in [6.45, 7) is 1.81. The first-order valence-electron chi connectivity index (χ1n) is 6.46. The molecule has 1 aromatic carbocycles. The summed E-state index contributed by atoms with van der Waals surface area (Å²) in [6, 6.07) is 7.85. The predicted octanol–water partition coefficient (Wildman–Crippen LogP) is 1.55. The zero-order valence-corrected chi connectivity index (χ0v) is 10.9. The van der Waals surface area contributed by atoms with Crippen molar-refractivity contribution in [1.82, 2.24) is 10.6 Å². The van der Waals surface area contributed by atoms with Crippen molar-refractivity contribution in [2.45, 2.75) is 31.8 Å². The predicted molar refractivity (Wildman–Crippen MR) is 73.5 cm³/mol. The molecule has 0 bridgehead atoms. The molecule has 19 heavy (non-hydrogen) atoms. The molecule has 1 aromatic rings. The maximum absolute atomic E-state index is 11.6. The molecule has 0 spiro atoms. The molecule has 1 aliphatic carbocycles. The first-order chi connectivity index (χ1) is 9.19. The Bertz CT molecular complexity index is 495. The molecule has 3 N–H and O–H groups in total. The van der Waals surface area contributed by atoms with Crippen LogP contribution in [0.2, 0.25) is 0 Å². The lowest BCUT2D eigenvalue weighted by Crippen LogP contribution is -2.38. The third-order valence-electron chi connectivity index (χ3n) is 2.98. The highest BCUT2D eigenvalue weighted by atomic mass is 16.2. The van der Waals surface area contributed by atoms with E-state index >= 15 is 0 Å². The summed E-state index contributed by atoms with van der Waals surface area (Å²) in [6.07, 6.45) is 2.17. The van der Waals surface area contributed by atoms with Crippen LogP contribution < -0.4 is 10.6 Å². The molecular weight excluding hydrogens is 240 g/mol. The molecule has 0 heterocycles. The van der Waals surface area contributed by atoms with Crippen LogP contribution in [0.3, 0.4) is 0 Å². The van der Waals surface area contributed by atoms with E-state index in [1.807, 2.05) is 31.2 Å². The maximum Gasteiger partial charge on any atom is 0.315 e. The van der Waals surface area contributed by atoms with Crippen LogP contribution in [0.15, 0.2) is 24.3 Å². The van der Waals surface area contributed by atoms with E-state index in [0.29, 0.717) is 6.04 Å². The second-order valence-corrected chi connectivity index (χ2v) is 4.70. The molecule has 4 heteroatoms. The number of nitrogens with one attached hydrogen (secondary N) is 2. The molecule has 100 valence electrons. The van der Waals surface area contributed by atoms with Gasteiger partial charge in [-0.3, -0.25) is 0 Å². The van der Waals surface area contributed by atoms with Crippen LogP contribution in [0, 0.1) is 11.8 Å². The molecule has 0 saturated heterocycles. The second kappa shape index (κ2) is 6.26. The van der Waals surface area contributed by atoms with Gasteiger partial charge in [-0.25, -0.2) is 4.79 Å². The van der Waals surface area contributed by atoms with Gasteiger partial charge in [0.15, 0.2) is 0 Å². The highest BCUT2D eigenvalue weighted by molar-refractivity contribution is 5.75. The quantitative estimate of drug-likeness (QED) is 0.720. The lowest BCUT2D eigenvalue weighted by Gasteiger charge is -2.15. The fraction of sp³-hybridized carbons (Fsp3) is 0.400. The Kier molecular flexibility index (Phi) is 4.43. The van der Waals surface area contributed by atoms with Crippen molar-refractivity contribution in [3.63, 3.8) is 0 Å². The van der Waals surface area contributed by atoms with Gasteiger partial charge in [0.2, 0.25) is 0 Å². The minimum Gasteiger partial charge on any atom is -0.384 e. The van der Waals surface area contributed by atoms with E-state index in [1.54, 1.807) is 0 Å². The number of amides is 2. The molecule has 1 unspecified atom stereocenters. The van der Waals surface area contributed by atoms with Crippen molar-refractivity contribution < 1.29 is 9.90 Å². The highest BCUT2D eigenvalue weighted by Crippen LogP contribution is 2.19. The van der Waals surface area contributed by atoms with Gasteiger partial charge in [0, 0.05) is 11.6 Å². The molecule has 0 aromatic heterocycles. The van der Waals surface area contributed by atoms with Crippen LogP contribution in [0.25, 0.3) is 0 Å². The van der Waals surface area contributed by atoms with Crippen molar-refractivity contribution >= 4 is 6.03 Å². The van der Waals surface area contributed by atoms with Crippen LogP contribution in [-0.2, 0) is 0 Å². The Morgan fingerprint density at radius 2 is 2.11 bits per heavy atom. The average Bonchev–Trinajstić information content (AvgIpc) is 3.20. The van der Waals surface area contributed by atoms with Crippen LogP contribution in [0.4, 0.5) is 4.79 Å². The monoisotopic (exact) mass is 258 g/mol. The van der Waals surface area contributed by atoms with Crippen LogP contribution >= 0.6 is 0 Å². The van der Waals surface area contributed by atoms with E-state index in [2.05, 4.69) is 22.5 Å². The van der Waals surface area contributed by atoms with Crippen molar-refractivity contribution in [3.05, 3.63) is 35.4 Å². The third kappa shape index (κ3) is 4.31. The van der Waals surface area contributed by atoms with Crippen LogP contribution in [-0.4, -0.2) is 23.8 Å². The van der Waals surface area contributed by atoms with E-state index in [0.717, 1.165) is 24.0 Å². The fourth-order valence-electron chi connectivity index (χ4n) is 1.73. The topological polar surface area (TPSA) is 61.4 Å². The number of carbonyl (C=O) groups is 1. The normalized spacial score (nSPS) is 15.1. The zero-order valence-electron chi connectivity index (χ0n) is 10.9. The Morgan fingerprint density at radius 1 is 1.42 bits per heavy atom. The van der Waals surface area contributed by atoms with Crippen LogP contribution in [0.1, 0.15) is 36.9 Å². The standard InChI is InChI=1S/C15H18N2O2/c1-11(16-15(19)17-14-8-9-14)13-6-4-12(5-7-13)3-2-10-18/h4-7,11,14,18H,8-10H2,1H3,(H2,16,17,19). The molecule has 2 rings (SSSR count). The van der Waals surface area contributed by atoms with Gasteiger partial charge in [-0.1, -0.05) is 24.0 Å². The summed E-state index contributed by atoms with van der Waals surface area (Å²) in [5, 5.41) is 14.4. The van der Waals surface area contributed by atoms with Crippen LogP contribution in [0.5, 0.6) is 0 Å². The summed E-state index contributed by atoms with van der Waals surface area (Å²) in [5.41, 5.74) is 1.88. The number of aliphatic hydroxyl groups excluding tert-OH is 1. The average molecular weight is 258 g/mol. The van der Waals surface area contributed by atoms with Gasteiger partial charge < -0.3 is 15.7 Å². The largest absolute Gasteiger partial charge is 0.384 e. The van der Waals surface area contributed by atoms with Crippen molar-refractivity contribution in [3.8, 4) is 11.8 Å². The number of hydrogen-bond donors (Lipinski definition) is 3. The van der Waals surface area contributed by atoms with Gasteiger partial charge in [-0.05, 0) is 37.5 Å². The van der Waals surface area contributed by atoms with Gasteiger partial charge in [-0.2, -0.15) is 0 Å². The number of carbonyl (C=O) groups excluding carboxylic acids is 1. The van der Waals surface area contributed by atoms with Gasteiger partial charge in [0.05, 0.1) is 6.04 Å². The van der Waals surface area contributed by atoms with Gasteiger partial charge in [0.1, 0.15) is 6.61 Å². The number of urea groups is 1. The smallest absolute Gasteiger partial charge is 0.315 e. The minimum absolute atomic E-state index is 0.0430. The summed E-state index contributed by atoms with van der Waals surface area (Å²) in [5.74, 6) is 5.44. The first kappa shape index (κ1) is 13.4. The number of rotatable bonds is 3. The molecule has 1 saturated carbocycles. The summed E-state index contributed by atoms with van der Waals surface area (Å²) < 4.78 is 0. The lowest BCUT2D eigenvalue weighted by molar-refractivity contribution is 0.237. The lowest BCUT2D eigenvalue weighted by atomic mass is 10.1. The number of hydrogen-bond acceptors (Lipinski definition) is 2. The minimum atomic E-state index is -0.138. The van der Waals surface area contributed by atoms with E-state index in [1.165, 1.54) is 0 Å². The van der Waals surface area contributed by atoms with Gasteiger partial charge in [0.25, 0.3) is 0 Å². The maximum atomic E-state index is 11.6. The number of aliphatic hydroxyl groups is 1. The van der Waals surface area contributed by atoms with E-state index in [-0.39, 0.29) is 18.7 Å². The van der Waals surface area contributed by atoms with Gasteiger partial charge in [-0.15, -0.1) is 0 Å². The molecule has 1 fully saturated rings. The molecule has 0 aliphatic heterocycles. The first-order valence-corrected chi connectivity index (χ1v) is 6.46. The Hall–Kier alpha value is -1.99. The van der Waals surface area contributed by atoms with Crippen molar-refractivity contribution in [1.29, 1.82) is 0 Å². The molecule has 1 aliphatic rings. The van der Waals surface area contributed by atoms with Gasteiger partial charge >= 0.3 is 6.03 Å². The molecular formula is C15H18N2O2. The van der Waals surface area contributed by atoms with Crippen molar-refractivity contribution in [2.24, 2.45) is 0 Å². The Morgan fingerprint density at radius 3 is 2.68 bits per heavy atom. The van der Waals surface area contributed by atoms with E-state index in [9.17, 15) is 4.79 Å². The third-order valence-corrected chi connectivity index (χ3v) is 2.98. The van der Waals surface area contributed by atoms with E-state index in [4.69, 9.17) is 5.11 Å². The highest BCUT2D eigenvalue weighted by Gasteiger charge is 2.23. The van der Waals surface area contributed by atoms with E-state index < -0.39 is 0 Å². The summed E-state index contributed by atoms with van der Waals surface area (Å²) >= 11 is 0. The molecule has 1 atom stereocenters. The SMILES string of the molecule is CC(NC(=O)NC1CC1)c1ccc(C#CCO)cc1. The molecule has 2 amide bonds. The summed E-state index contributed by atoms with van der Waals surface area (Å²) in [4.78, 5) is 11.6. The second-order valence-electron chi connectivity index (χ2n) is 4.70. The Balaban J connectivity index is 1.90. The molecule has 4 nitrogen and oxygen atoms in total. The fourth-order valence-corrected chi connectivity index (χ4v) is 1.73. The summed E-state index contributed by atoms with van der Waals surface area (Å²) in [7, 11) is 0. The number of benzene rings is 1. The van der Waals surface area contributed by atoms with Crippen molar-refractivity contribution in [2.75, 3.05) is 6.61 Å². The molecule has 0 radical (unpaired) electrons. The zero-order chi connectivity index (χ0) is 13.7.